The van der Waals surface area contributed by atoms with Crippen molar-refractivity contribution in [1.82, 2.24) is 14.9 Å². The monoisotopic (exact) mass is 261 g/mol. The zero-order chi connectivity index (χ0) is 12.5. The van der Waals surface area contributed by atoms with Crippen LogP contribution in [0.2, 0.25) is 0 Å². The van der Waals surface area contributed by atoms with Gasteiger partial charge in [0.25, 0.3) is 5.91 Å². The van der Waals surface area contributed by atoms with E-state index < -0.39 is 0 Å². The van der Waals surface area contributed by atoms with Gasteiger partial charge in [0.15, 0.2) is 0 Å². The van der Waals surface area contributed by atoms with Crippen molar-refractivity contribution in [3.63, 3.8) is 0 Å². The van der Waals surface area contributed by atoms with Crippen molar-refractivity contribution in [2.45, 2.75) is 13.0 Å². The average Bonchev–Trinajstić information content (AvgIpc) is 2.85. The van der Waals surface area contributed by atoms with Crippen molar-refractivity contribution < 1.29 is 4.79 Å². The highest BCUT2D eigenvalue weighted by Crippen LogP contribution is 2.20. The summed E-state index contributed by atoms with van der Waals surface area (Å²) in [7, 11) is 0. The predicted octanol–water partition coefficient (Wildman–Crippen LogP) is 2.14. The summed E-state index contributed by atoms with van der Waals surface area (Å²) in [6, 6.07) is 5.95. The molecule has 0 radical (unpaired) electrons. The van der Waals surface area contributed by atoms with Crippen LogP contribution in [0, 0.1) is 0 Å². The van der Waals surface area contributed by atoms with Gasteiger partial charge in [-0.15, -0.1) is 0 Å². The minimum absolute atomic E-state index is 0.124. The molecule has 1 saturated heterocycles. The summed E-state index contributed by atoms with van der Waals surface area (Å²) in [6.45, 7) is 2.95. The Hall–Kier alpha value is -1.49. The predicted molar refractivity (Wildman–Crippen MR) is 73.9 cm³/mol. The van der Waals surface area contributed by atoms with E-state index in [1.807, 2.05) is 34.9 Å². The molecule has 4 nitrogen and oxygen atoms in total. The highest BCUT2D eigenvalue weighted by molar-refractivity contribution is 7.99. The molecule has 2 heterocycles. The van der Waals surface area contributed by atoms with Crippen LogP contribution in [0.4, 0.5) is 0 Å². The Morgan fingerprint density at radius 3 is 3.28 bits per heavy atom. The zero-order valence-electron chi connectivity index (χ0n) is 10.2. The van der Waals surface area contributed by atoms with Gasteiger partial charge in [0, 0.05) is 29.7 Å². The summed E-state index contributed by atoms with van der Waals surface area (Å²) in [5, 5.41) is 0. The number of amides is 1. The van der Waals surface area contributed by atoms with Crippen LogP contribution in [0.3, 0.4) is 0 Å². The summed E-state index contributed by atoms with van der Waals surface area (Å²) in [5.74, 6) is 2.18. The molecule has 0 aliphatic carbocycles. The number of hydrogen-bond acceptors (Lipinski definition) is 3. The van der Waals surface area contributed by atoms with E-state index in [-0.39, 0.29) is 5.91 Å². The number of imidazole rings is 1. The third kappa shape index (κ3) is 1.99. The Kier molecular flexibility index (Phi) is 2.99. The molecule has 0 spiro atoms. The van der Waals surface area contributed by atoms with Gasteiger partial charge in [-0.05, 0) is 25.1 Å². The number of H-pyrrole nitrogens is 1. The van der Waals surface area contributed by atoms with Gasteiger partial charge < -0.3 is 9.88 Å². The van der Waals surface area contributed by atoms with Crippen molar-refractivity contribution in [2.75, 3.05) is 18.1 Å². The second-order valence-electron chi connectivity index (χ2n) is 4.56. The van der Waals surface area contributed by atoms with E-state index in [1.54, 1.807) is 6.33 Å². The second kappa shape index (κ2) is 4.65. The molecule has 1 aliphatic rings. The molecule has 1 unspecified atom stereocenters. The van der Waals surface area contributed by atoms with Gasteiger partial charge in [0.2, 0.25) is 0 Å². The Balaban J connectivity index is 1.90. The highest BCUT2D eigenvalue weighted by atomic mass is 32.2. The first kappa shape index (κ1) is 11.6. The second-order valence-corrected chi connectivity index (χ2v) is 5.71. The number of nitrogens with zero attached hydrogens (tertiary/aromatic N) is 2. The molecule has 1 aliphatic heterocycles. The summed E-state index contributed by atoms with van der Waals surface area (Å²) in [4.78, 5) is 21.6. The molecule has 0 saturated carbocycles. The Morgan fingerprint density at radius 1 is 1.56 bits per heavy atom. The van der Waals surface area contributed by atoms with E-state index in [0.29, 0.717) is 6.04 Å². The van der Waals surface area contributed by atoms with Crippen LogP contribution in [0.1, 0.15) is 17.3 Å². The maximum absolute atomic E-state index is 12.5. The molecule has 0 bridgehead atoms. The Bertz CT molecular complexity index is 580. The summed E-state index contributed by atoms with van der Waals surface area (Å²) < 4.78 is 0. The quantitative estimate of drug-likeness (QED) is 0.855. The highest BCUT2D eigenvalue weighted by Gasteiger charge is 2.24. The van der Waals surface area contributed by atoms with Gasteiger partial charge in [-0.25, -0.2) is 4.98 Å². The zero-order valence-corrected chi connectivity index (χ0v) is 11.0. The van der Waals surface area contributed by atoms with Gasteiger partial charge in [-0.3, -0.25) is 4.79 Å². The third-order valence-electron chi connectivity index (χ3n) is 3.30. The van der Waals surface area contributed by atoms with Crippen molar-refractivity contribution >= 4 is 28.7 Å². The van der Waals surface area contributed by atoms with Crippen LogP contribution in [0.25, 0.3) is 11.0 Å². The summed E-state index contributed by atoms with van der Waals surface area (Å²) in [5.41, 5.74) is 2.55. The van der Waals surface area contributed by atoms with Gasteiger partial charge >= 0.3 is 0 Å². The number of carbonyl (C=O) groups excluding carboxylic acids is 1. The summed E-state index contributed by atoms with van der Waals surface area (Å²) >= 11 is 1.91. The van der Waals surface area contributed by atoms with E-state index in [4.69, 9.17) is 0 Å². The van der Waals surface area contributed by atoms with Gasteiger partial charge in [-0.2, -0.15) is 11.8 Å². The number of rotatable bonds is 1. The maximum Gasteiger partial charge on any atom is 0.254 e. The van der Waals surface area contributed by atoms with Gasteiger partial charge in [0.05, 0.1) is 17.4 Å². The lowest BCUT2D eigenvalue weighted by Gasteiger charge is -2.33. The lowest BCUT2D eigenvalue weighted by Crippen LogP contribution is -2.44. The fourth-order valence-corrected chi connectivity index (χ4v) is 3.28. The number of thioether (sulfide) groups is 1. The number of hydrogen-bond donors (Lipinski definition) is 1. The van der Waals surface area contributed by atoms with Crippen LogP contribution < -0.4 is 0 Å². The lowest BCUT2D eigenvalue weighted by molar-refractivity contribution is 0.0716. The first-order valence-electron chi connectivity index (χ1n) is 6.07. The topological polar surface area (TPSA) is 49.0 Å². The first-order valence-corrected chi connectivity index (χ1v) is 7.23. The number of aromatic nitrogens is 2. The number of carbonyl (C=O) groups is 1. The van der Waals surface area contributed by atoms with E-state index >= 15 is 0 Å². The fourth-order valence-electron chi connectivity index (χ4n) is 2.26. The molecular weight excluding hydrogens is 246 g/mol. The van der Waals surface area contributed by atoms with E-state index in [1.165, 1.54) is 0 Å². The Morgan fingerprint density at radius 2 is 2.44 bits per heavy atom. The molecule has 94 valence electrons. The standard InChI is InChI=1S/C13H15N3OS/c1-9-7-18-5-4-16(9)13(17)10-2-3-11-12(6-10)15-8-14-11/h2-3,6,8-9H,4-5,7H2,1H3,(H,14,15). The molecular formula is C13H15N3OS. The average molecular weight is 261 g/mol. The molecule has 5 heteroatoms. The molecule has 2 aromatic rings. The van der Waals surface area contributed by atoms with Crippen LogP contribution in [0.15, 0.2) is 24.5 Å². The normalized spacial score (nSPS) is 20.3. The third-order valence-corrected chi connectivity index (χ3v) is 4.49. The molecule has 1 aromatic carbocycles. The van der Waals surface area contributed by atoms with Gasteiger partial charge in [-0.1, -0.05) is 0 Å². The molecule has 1 N–H and O–H groups in total. The number of fused-ring (bicyclic) bond motifs is 1. The first-order chi connectivity index (χ1) is 8.75. The van der Waals surface area contributed by atoms with Crippen molar-refractivity contribution in [3.8, 4) is 0 Å². The van der Waals surface area contributed by atoms with E-state index in [2.05, 4.69) is 16.9 Å². The molecule has 1 amide bonds. The molecule has 1 aromatic heterocycles. The van der Waals surface area contributed by atoms with E-state index in [0.717, 1.165) is 34.6 Å². The molecule has 18 heavy (non-hydrogen) atoms. The smallest absolute Gasteiger partial charge is 0.254 e. The number of nitrogens with one attached hydrogen (secondary N) is 1. The number of benzene rings is 1. The SMILES string of the molecule is CC1CSCCN1C(=O)c1ccc2nc[nH]c2c1. The van der Waals surface area contributed by atoms with Crippen LogP contribution in [-0.2, 0) is 0 Å². The largest absolute Gasteiger partial charge is 0.345 e. The molecule has 3 rings (SSSR count). The fraction of sp³-hybridized carbons (Fsp3) is 0.385. The molecule has 1 atom stereocenters. The minimum atomic E-state index is 0.124. The van der Waals surface area contributed by atoms with Crippen LogP contribution in [-0.4, -0.2) is 44.9 Å². The lowest BCUT2D eigenvalue weighted by atomic mass is 10.1. The maximum atomic E-state index is 12.5. The van der Waals surface area contributed by atoms with Crippen molar-refractivity contribution in [2.24, 2.45) is 0 Å². The van der Waals surface area contributed by atoms with Crippen molar-refractivity contribution in [1.29, 1.82) is 0 Å². The molecule has 1 fully saturated rings. The van der Waals surface area contributed by atoms with E-state index in [9.17, 15) is 4.79 Å². The van der Waals surface area contributed by atoms with Crippen LogP contribution in [0.5, 0.6) is 0 Å². The summed E-state index contributed by atoms with van der Waals surface area (Å²) in [6.07, 6.45) is 1.65. The van der Waals surface area contributed by atoms with Crippen molar-refractivity contribution in [3.05, 3.63) is 30.1 Å². The van der Waals surface area contributed by atoms with Crippen LogP contribution >= 0.6 is 11.8 Å². The number of aromatic amines is 1. The Labute approximate surface area is 110 Å². The minimum Gasteiger partial charge on any atom is -0.345 e. The van der Waals surface area contributed by atoms with Gasteiger partial charge in [0.1, 0.15) is 0 Å².